The van der Waals surface area contributed by atoms with Crippen LogP contribution in [-0.2, 0) is 0 Å². The number of furan rings is 2. The van der Waals surface area contributed by atoms with Gasteiger partial charge in [0.05, 0.1) is 66.2 Å². The quantitative estimate of drug-likeness (QED) is 0.172. The third-order valence-electron chi connectivity index (χ3n) is 25.7. The second kappa shape index (κ2) is 24.1. The third-order valence-corrected chi connectivity index (χ3v) is 29.0. The van der Waals surface area contributed by atoms with Crippen molar-refractivity contribution < 1.29 is 8.83 Å². The molecule has 0 saturated carbocycles. The van der Waals surface area contributed by atoms with Crippen LogP contribution < -0.4 is 0 Å². The fourth-order valence-electron chi connectivity index (χ4n) is 20.5. The molecule has 0 N–H and O–H groups in total. The van der Waals surface area contributed by atoms with Gasteiger partial charge >= 0.3 is 0 Å². The van der Waals surface area contributed by atoms with Crippen LogP contribution in [0.3, 0.4) is 0 Å². The zero-order chi connectivity index (χ0) is 79.0. The molecule has 0 aliphatic heterocycles. The number of nitrogens with zero attached hydrogens (tertiary/aromatic N) is 9. The molecule has 31 rings (SSSR count). The van der Waals surface area contributed by atoms with Crippen molar-refractivity contribution >= 4 is 287 Å². The summed E-state index contributed by atoms with van der Waals surface area (Å²) in [6.07, 6.45) is 0. The van der Waals surface area contributed by atoms with E-state index in [-0.39, 0.29) is 0 Å². The zero-order valence-electron chi connectivity index (χ0n) is 64.3. The molecule has 14 heteroatoms. The lowest BCUT2D eigenvalue weighted by Crippen LogP contribution is -1.90. The van der Waals surface area contributed by atoms with E-state index in [1.54, 1.807) is 0 Å². The van der Waals surface area contributed by atoms with E-state index in [0.29, 0.717) is 0 Å². The largest absolute Gasteiger partial charge is 0.456 e. The molecular formula is C108H55N9O2S3. The molecule has 11 nitrogen and oxygen atoms in total. The Morgan fingerprint density at radius 1 is 0.197 bits per heavy atom. The molecule has 14 heterocycles. The Bertz CT molecular complexity index is 10000. The first kappa shape index (κ1) is 65.5. The highest BCUT2D eigenvalue weighted by Gasteiger charge is 2.30. The third kappa shape index (κ3) is 8.89. The molecule has 0 unspecified atom stereocenters. The van der Waals surface area contributed by atoms with Crippen molar-refractivity contribution in [3.05, 3.63) is 334 Å². The van der Waals surface area contributed by atoms with Crippen LogP contribution in [0, 0.1) is 0 Å². The molecule has 0 atom stereocenters. The van der Waals surface area contributed by atoms with Gasteiger partial charge in [0.1, 0.15) is 38.9 Å². The van der Waals surface area contributed by atoms with E-state index in [4.69, 9.17) is 38.7 Å². The number of rotatable bonds is 3. The standard InChI is InChI=1S/2C38H19N3OS.C32H17N3S/c1-5-14-29-22(8-1)25-18-20(16-17-30(25)42-29)21-10-7-11-23-26-19-32-33(24-9-2-6-15-31(24)43-32)34-35-38(41(36(21)23)37(26)34)40-28-13-4-3-12-27(28)39-35;1-5-11-30-23(7-1)25-17-20(14-16-31(25)42-30)21-13-15-22-26-19-33-34(24-8-2-6-12-32(24)43-33)35-36-38(41(37(26)35)29(22)18-21)40-28-10-4-3-9-27(28)39-36;1-2-8-18(9-3-1)19-14-15-21-26(16-19)36-27-17-22-20-10-4-7-13-25(20)35-31(22)29(28(21)27)30-32(35)34-24-12-6-5-11-23(24)33-30/h2*1-19H;1-17H. The molecule has 0 aliphatic rings. The SMILES string of the molecule is c1ccc(-c2ccc3c(c2)sc2cc4c5ccccc5n5c6nc7ccccc7nc6c(c23)c45)cc1.c1ccc2nc3c(nc2c1)c1c2c(cc4c5ccc(-c6ccc7oc8ccccc8c7c6)cc5n3c41)sc1ccccc12.c1ccc2nc3c(nc2c1)c1c2c(cc4c5cccc(-c6ccc7oc8ccccc8c7c6)c5n3c41)sc1ccccc12. The van der Waals surface area contributed by atoms with Gasteiger partial charge in [-0.15, -0.1) is 34.0 Å². The number of para-hydroxylation sites is 10. The number of fused-ring (bicyclic) bond motifs is 39. The second-order valence-corrected chi connectivity index (χ2v) is 35.4. The van der Waals surface area contributed by atoms with Crippen LogP contribution >= 0.6 is 34.0 Å². The summed E-state index contributed by atoms with van der Waals surface area (Å²) in [6.45, 7) is 0. The van der Waals surface area contributed by atoms with Gasteiger partial charge in [-0.1, -0.05) is 212 Å². The van der Waals surface area contributed by atoms with Gasteiger partial charge in [-0.05, 0) is 149 Å². The molecule has 0 spiro atoms. The minimum absolute atomic E-state index is 0.902. The summed E-state index contributed by atoms with van der Waals surface area (Å²) < 4.78 is 27.1. The van der Waals surface area contributed by atoms with Crippen LogP contribution in [0.1, 0.15) is 0 Å². The lowest BCUT2D eigenvalue weighted by atomic mass is 9.99. The van der Waals surface area contributed by atoms with Crippen LogP contribution in [-0.4, -0.2) is 43.1 Å². The summed E-state index contributed by atoms with van der Waals surface area (Å²) in [6, 6.07) is 118. The minimum atomic E-state index is 0.902. The topological polar surface area (TPSA) is 117 Å². The summed E-state index contributed by atoms with van der Waals surface area (Å²) in [5.74, 6) is 0. The van der Waals surface area contributed by atoms with Crippen molar-refractivity contribution in [3.8, 4) is 33.4 Å². The molecule has 14 aromatic heterocycles. The molecule has 0 bridgehead atoms. The van der Waals surface area contributed by atoms with Crippen molar-refractivity contribution in [1.29, 1.82) is 0 Å². The first-order valence-electron chi connectivity index (χ1n) is 40.9. The Balaban J connectivity index is 0.0000000927. The smallest absolute Gasteiger partial charge is 0.165 e. The molecule has 562 valence electrons. The Morgan fingerprint density at radius 2 is 0.574 bits per heavy atom. The lowest BCUT2D eigenvalue weighted by molar-refractivity contribution is 0.668. The van der Waals surface area contributed by atoms with E-state index in [2.05, 4.69) is 286 Å². The average Bonchev–Trinajstić information content (AvgIpc) is 1.53. The monoisotopic (exact) mass is 1610 g/mol. The highest BCUT2D eigenvalue weighted by Crippen LogP contribution is 2.53. The highest BCUT2D eigenvalue weighted by atomic mass is 32.1. The lowest BCUT2D eigenvalue weighted by Gasteiger charge is -2.07. The molecular weight excluding hydrogens is 1550 g/mol. The molecule has 122 heavy (non-hydrogen) atoms. The number of thiophene rings is 3. The van der Waals surface area contributed by atoms with Crippen LogP contribution in [0.25, 0.3) is 286 Å². The first-order valence-corrected chi connectivity index (χ1v) is 43.4. The Kier molecular flexibility index (Phi) is 12.9. The van der Waals surface area contributed by atoms with Crippen molar-refractivity contribution in [1.82, 2.24) is 43.1 Å². The van der Waals surface area contributed by atoms with Crippen molar-refractivity contribution in [2.75, 3.05) is 0 Å². The Labute approximate surface area is 700 Å². The van der Waals surface area contributed by atoms with Crippen LogP contribution in [0.15, 0.2) is 342 Å². The molecule has 0 radical (unpaired) electrons. The van der Waals surface area contributed by atoms with E-state index in [9.17, 15) is 0 Å². The van der Waals surface area contributed by atoms with Crippen LogP contribution in [0.5, 0.6) is 0 Å². The normalized spacial score (nSPS) is 12.6. The summed E-state index contributed by atoms with van der Waals surface area (Å²) >= 11 is 5.58. The Morgan fingerprint density at radius 3 is 1.14 bits per heavy atom. The van der Waals surface area contributed by atoms with Gasteiger partial charge in [0.25, 0.3) is 0 Å². The molecule has 0 saturated heterocycles. The molecule has 0 aliphatic carbocycles. The summed E-state index contributed by atoms with van der Waals surface area (Å²) in [5, 5.41) is 23.3. The van der Waals surface area contributed by atoms with Crippen molar-refractivity contribution in [2.24, 2.45) is 0 Å². The zero-order valence-corrected chi connectivity index (χ0v) is 66.8. The molecule has 31 aromatic rings. The molecule has 0 amide bonds. The van der Waals surface area contributed by atoms with Gasteiger partial charge in [-0.2, -0.15) is 0 Å². The maximum Gasteiger partial charge on any atom is 0.165 e. The number of hydrogen-bond acceptors (Lipinski definition) is 11. The fourth-order valence-corrected chi connectivity index (χ4v) is 24.0. The van der Waals surface area contributed by atoms with Crippen molar-refractivity contribution in [3.63, 3.8) is 0 Å². The van der Waals surface area contributed by atoms with E-state index in [0.717, 1.165) is 138 Å². The van der Waals surface area contributed by atoms with Gasteiger partial charge in [0, 0.05) is 136 Å². The summed E-state index contributed by atoms with van der Waals surface area (Å²) in [5.41, 5.74) is 29.0. The minimum Gasteiger partial charge on any atom is -0.456 e. The van der Waals surface area contributed by atoms with E-state index in [1.807, 2.05) is 94.7 Å². The number of benzene rings is 17. The summed E-state index contributed by atoms with van der Waals surface area (Å²) in [4.78, 5) is 31.4. The van der Waals surface area contributed by atoms with E-state index >= 15 is 0 Å². The average molecular weight is 1610 g/mol. The number of hydrogen-bond donors (Lipinski definition) is 0. The van der Waals surface area contributed by atoms with E-state index in [1.165, 1.54) is 148 Å². The second-order valence-electron chi connectivity index (χ2n) is 32.2. The number of aromatic nitrogens is 9. The van der Waals surface area contributed by atoms with Crippen LogP contribution in [0.2, 0.25) is 0 Å². The maximum atomic E-state index is 6.17. The maximum absolute atomic E-state index is 6.17. The fraction of sp³-hybridized carbons (Fsp3) is 0. The highest BCUT2D eigenvalue weighted by molar-refractivity contribution is 7.27. The van der Waals surface area contributed by atoms with Crippen molar-refractivity contribution in [2.45, 2.75) is 0 Å². The predicted octanol–water partition coefficient (Wildman–Crippen LogP) is 30.2. The molecule has 17 aromatic carbocycles. The van der Waals surface area contributed by atoms with Gasteiger partial charge in [0.15, 0.2) is 16.9 Å². The van der Waals surface area contributed by atoms with E-state index < -0.39 is 0 Å². The van der Waals surface area contributed by atoms with Crippen LogP contribution in [0.4, 0.5) is 0 Å². The predicted molar refractivity (Wildman–Crippen MR) is 512 cm³/mol. The van der Waals surface area contributed by atoms with Gasteiger partial charge in [0.2, 0.25) is 0 Å². The van der Waals surface area contributed by atoms with Gasteiger partial charge in [-0.3, -0.25) is 13.2 Å². The van der Waals surface area contributed by atoms with Gasteiger partial charge < -0.3 is 8.83 Å². The summed E-state index contributed by atoms with van der Waals surface area (Å²) in [7, 11) is 0. The molecule has 0 fully saturated rings. The Hall–Kier alpha value is -15.6. The first-order chi connectivity index (χ1) is 60.5. The van der Waals surface area contributed by atoms with Gasteiger partial charge in [-0.25, -0.2) is 29.9 Å².